The summed E-state index contributed by atoms with van der Waals surface area (Å²) in [5.74, 6) is -0.364. The van der Waals surface area contributed by atoms with Crippen molar-refractivity contribution in [2.45, 2.75) is 26.4 Å². The average Bonchev–Trinajstić information content (AvgIpc) is 2.40. The third-order valence-corrected chi connectivity index (χ3v) is 3.78. The van der Waals surface area contributed by atoms with Gasteiger partial charge in [-0.15, -0.1) is 0 Å². The number of amides is 1. The topological polar surface area (TPSA) is 49.6 Å². The third-order valence-electron chi connectivity index (χ3n) is 3.78. The lowest BCUT2D eigenvalue weighted by Gasteiger charge is -2.36. The summed E-state index contributed by atoms with van der Waals surface area (Å²) < 4.78 is 0. The second-order valence-corrected chi connectivity index (χ2v) is 5.47. The van der Waals surface area contributed by atoms with Crippen LogP contribution in [0.4, 0.5) is 0 Å². The molecule has 2 rings (SSSR count). The molecule has 1 aliphatic rings. The average molecular weight is 261 g/mol. The molecule has 2 N–H and O–H groups in total. The van der Waals surface area contributed by atoms with Gasteiger partial charge in [0.1, 0.15) is 0 Å². The predicted octanol–water partition coefficient (Wildman–Crippen LogP) is 1.31. The van der Waals surface area contributed by atoms with Crippen LogP contribution >= 0.6 is 0 Å². The molecule has 1 aromatic rings. The maximum absolute atomic E-state index is 11.0. The van der Waals surface area contributed by atoms with Gasteiger partial charge in [0.2, 0.25) is 5.91 Å². The van der Waals surface area contributed by atoms with E-state index in [1.807, 2.05) is 24.3 Å². The molecule has 4 nitrogen and oxygen atoms in total. The number of nitrogens with two attached hydrogens (primary N) is 1. The first-order valence-corrected chi connectivity index (χ1v) is 6.91. The van der Waals surface area contributed by atoms with E-state index in [2.05, 4.69) is 23.6 Å². The Hall–Kier alpha value is -1.39. The molecule has 0 saturated carbocycles. The van der Waals surface area contributed by atoms with Gasteiger partial charge < -0.3 is 5.73 Å². The summed E-state index contributed by atoms with van der Waals surface area (Å²) in [5, 5.41) is 0. The molecule has 104 valence electrons. The van der Waals surface area contributed by atoms with Crippen molar-refractivity contribution in [1.82, 2.24) is 9.80 Å². The minimum atomic E-state index is -0.364. The van der Waals surface area contributed by atoms with E-state index in [1.165, 1.54) is 5.56 Å². The van der Waals surface area contributed by atoms with Crippen molar-refractivity contribution >= 4 is 5.91 Å². The first-order valence-electron chi connectivity index (χ1n) is 6.91. The Morgan fingerprint density at radius 1 is 1.16 bits per heavy atom. The number of carbonyl (C=O) groups excluding carboxylic acids is 1. The fraction of sp³-hybridized carbons (Fsp3) is 0.533. The number of hydrogen-bond donors (Lipinski definition) is 1. The first kappa shape index (κ1) is 14.0. The summed E-state index contributed by atoms with van der Waals surface area (Å²) in [7, 11) is 0. The summed E-state index contributed by atoms with van der Waals surface area (Å²) in [6.45, 7) is 9.93. The molecule has 1 aromatic carbocycles. The van der Waals surface area contributed by atoms with E-state index in [1.54, 1.807) is 0 Å². The van der Waals surface area contributed by atoms with E-state index in [4.69, 9.17) is 5.73 Å². The van der Waals surface area contributed by atoms with Crippen LogP contribution in [0, 0.1) is 0 Å². The summed E-state index contributed by atoms with van der Waals surface area (Å²) in [6.07, 6.45) is 0. The zero-order valence-electron chi connectivity index (χ0n) is 11.8. The number of piperazine rings is 1. The number of benzene rings is 1. The maximum atomic E-state index is 11.0. The molecule has 0 spiro atoms. The van der Waals surface area contributed by atoms with Crippen molar-refractivity contribution in [3.05, 3.63) is 35.4 Å². The Bertz CT molecular complexity index is 420. The van der Waals surface area contributed by atoms with Crippen LogP contribution in [0.1, 0.15) is 29.8 Å². The van der Waals surface area contributed by atoms with Gasteiger partial charge in [0, 0.05) is 44.3 Å². The van der Waals surface area contributed by atoms with E-state index < -0.39 is 0 Å². The van der Waals surface area contributed by atoms with E-state index in [9.17, 15) is 4.79 Å². The van der Waals surface area contributed by atoms with E-state index in [0.717, 1.165) is 32.7 Å². The second kappa shape index (κ2) is 6.17. The SMILES string of the molecule is CC(C)N1CCN(Cc2ccc(C(N)=O)cc2)CC1. The van der Waals surface area contributed by atoms with Crippen molar-refractivity contribution in [2.75, 3.05) is 26.2 Å². The van der Waals surface area contributed by atoms with Crippen LogP contribution < -0.4 is 5.73 Å². The molecule has 1 aliphatic heterocycles. The minimum Gasteiger partial charge on any atom is -0.366 e. The van der Waals surface area contributed by atoms with Crippen molar-refractivity contribution in [3.63, 3.8) is 0 Å². The van der Waals surface area contributed by atoms with Crippen LogP contribution in [0.25, 0.3) is 0 Å². The van der Waals surface area contributed by atoms with Gasteiger partial charge in [-0.1, -0.05) is 12.1 Å². The molecular weight excluding hydrogens is 238 g/mol. The number of nitrogens with zero attached hydrogens (tertiary/aromatic N) is 2. The fourth-order valence-electron chi connectivity index (χ4n) is 2.47. The van der Waals surface area contributed by atoms with Gasteiger partial charge in [-0.05, 0) is 31.5 Å². The van der Waals surface area contributed by atoms with Gasteiger partial charge in [0.25, 0.3) is 0 Å². The Balaban J connectivity index is 1.87. The molecule has 1 fully saturated rings. The normalized spacial score (nSPS) is 17.8. The summed E-state index contributed by atoms with van der Waals surface area (Å²) >= 11 is 0. The smallest absolute Gasteiger partial charge is 0.248 e. The molecule has 19 heavy (non-hydrogen) atoms. The van der Waals surface area contributed by atoms with E-state index in [0.29, 0.717) is 11.6 Å². The van der Waals surface area contributed by atoms with Crippen LogP contribution in [0.3, 0.4) is 0 Å². The quantitative estimate of drug-likeness (QED) is 0.889. The highest BCUT2D eigenvalue weighted by Crippen LogP contribution is 2.11. The largest absolute Gasteiger partial charge is 0.366 e. The van der Waals surface area contributed by atoms with Crippen molar-refractivity contribution in [3.8, 4) is 0 Å². The molecule has 1 saturated heterocycles. The fourth-order valence-corrected chi connectivity index (χ4v) is 2.47. The molecule has 0 radical (unpaired) electrons. The van der Waals surface area contributed by atoms with Crippen LogP contribution in [0.2, 0.25) is 0 Å². The standard InChI is InChI=1S/C15H23N3O/c1-12(2)18-9-7-17(8-10-18)11-13-3-5-14(6-4-13)15(16)19/h3-6,12H,7-11H2,1-2H3,(H2,16,19). The van der Waals surface area contributed by atoms with Crippen LogP contribution in [-0.4, -0.2) is 47.9 Å². The minimum absolute atomic E-state index is 0.364. The molecule has 0 atom stereocenters. The third kappa shape index (κ3) is 3.78. The molecule has 0 aromatic heterocycles. The van der Waals surface area contributed by atoms with Crippen molar-refractivity contribution in [1.29, 1.82) is 0 Å². The lowest BCUT2D eigenvalue weighted by molar-refractivity contribution is 0.1000. The van der Waals surface area contributed by atoms with Crippen LogP contribution in [-0.2, 0) is 6.54 Å². The molecule has 4 heteroatoms. The van der Waals surface area contributed by atoms with Gasteiger partial charge in [0.05, 0.1) is 0 Å². The number of carbonyl (C=O) groups is 1. The molecule has 0 bridgehead atoms. The van der Waals surface area contributed by atoms with Crippen molar-refractivity contribution < 1.29 is 4.79 Å². The maximum Gasteiger partial charge on any atom is 0.248 e. The van der Waals surface area contributed by atoms with Gasteiger partial charge >= 0.3 is 0 Å². The van der Waals surface area contributed by atoms with Gasteiger partial charge in [-0.25, -0.2) is 0 Å². The van der Waals surface area contributed by atoms with Crippen LogP contribution in [0.15, 0.2) is 24.3 Å². The van der Waals surface area contributed by atoms with E-state index in [-0.39, 0.29) is 5.91 Å². The first-order chi connectivity index (χ1) is 9.06. The Morgan fingerprint density at radius 3 is 2.21 bits per heavy atom. The molecular formula is C15H23N3O. The van der Waals surface area contributed by atoms with Gasteiger partial charge in [-0.2, -0.15) is 0 Å². The molecule has 0 unspecified atom stereocenters. The lowest BCUT2D eigenvalue weighted by atomic mass is 10.1. The molecule has 1 heterocycles. The highest BCUT2D eigenvalue weighted by Gasteiger charge is 2.18. The number of primary amides is 1. The van der Waals surface area contributed by atoms with Crippen LogP contribution in [0.5, 0.6) is 0 Å². The van der Waals surface area contributed by atoms with E-state index >= 15 is 0 Å². The predicted molar refractivity (Wildman–Crippen MR) is 76.9 cm³/mol. The zero-order chi connectivity index (χ0) is 13.8. The molecule has 1 amide bonds. The van der Waals surface area contributed by atoms with Gasteiger partial charge in [-0.3, -0.25) is 14.6 Å². The Labute approximate surface area is 115 Å². The van der Waals surface area contributed by atoms with Gasteiger partial charge in [0.15, 0.2) is 0 Å². The second-order valence-electron chi connectivity index (χ2n) is 5.47. The monoisotopic (exact) mass is 261 g/mol. The molecule has 0 aliphatic carbocycles. The lowest BCUT2D eigenvalue weighted by Crippen LogP contribution is -2.48. The van der Waals surface area contributed by atoms with Crippen molar-refractivity contribution in [2.24, 2.45) is 5.73 Å². The summed E-state index contributed by atoms with van der Waals surface area (Å²) in [5.41, 5.74) is 7.05. The zero-order valence-corrected chi connectivity index (χ0v) is 11.8. The Morgan fingerprint density at radius 2 is 1.74 bits per heavy atom. The Kier molecular flexibility index (Phi) is 4.56. The number of hydrogen-bond acceptors (Lipinski definition) is 3. The number of rotatable bonds is 4. The highest BCUT2D eigenvalue weighted by atomic mass is 16.1. The summed E-state index contributed by atoms with van der Waals surface area (Å²) in [4.78, 5) is 16.0. The highest BCUT2D eigenvalue weighted by molar-refractivity contribution is 5.92. The summed E-state index contributed by atoms with van der Waals surface area (Å²) in [6, 6.07) is 8.24.